The number of aromatic nitrogens is 2. The summed E-state index contributed by atoms with van der Waals surface area (Å²) in [7, 11) is 1.70. The lowest BCUT2D eigenvalue weighted by atomic mass is 10.1. The zero-order valence-corrected chi connectivity index (χ0v) is 16.6. The molecule has 0 radical (unpaired) electrons. The van der Waals surface area contributed by atoms with Gasteiger partial charge in [0.2, 0.25) is 0 Å². The minimum absolute atomic E-state index is 0.195. The van der Waals surface area contributed by atoms with Crippen LogP contribution in [0.2, 0.25) is 0 Å². The van der Waals surface area contributed by atoms with E-state index in [1.54, 1.807) is 7.11 Å². The van der Waals surface area contributed by atoms with E-state index in [4.69, 9.17) is 9.72 Å². The van der Waals surface area contributed by atoms with Gasteiger partial charge >= 0.3 is 0 Å². The van der Waals surface area contributed by atoms with Crippen LogP contribution in [0.25, 0.3) is 21.8 Å². The lowest BCUT2D eigenvalue weighted by molar-refractivity contribution is 0.145. The predicted octanol–water partition coefficient (Wildman–Crippen LogP) is 4.21. The average molecular weight is 387 g/mol. The molecule has 0 saturated carbocycles. The van der Waals surface area contributed by atoms with Gasteiger partial charge in [0.05, 0.1) is 24.2 Å². The fourth-order valence-corrected chi connectivity index (χ4v) is 4.32. The zero-order valence-electron chi connectivity index (χ0n) is 16.6. The van der Waals surface area contributed by atoms with Crippen LogP contribution < -0.4 is 9.64 Å². The first-order valence-electron chi connectivity index (χ1n) is 10.2. The van der Waals surface area contributed by atoms with E-state index in [1.165, 1.54) is 16.5 Å². The summed E-state index contributed by atoms with van der Waals surface area (Å²) in [6.45, 7) is 2.44. The summed E-state index contributed by atoms with van der Waals surface area (Å²) in [5.41, 5.74) is 3.41. The minimum Gasteiger partial charge on any atom is -0.497 e. The molecule has 0 aliphatic carbocycles. The SMILES string of the molecule is COc1cccc(Cn2ccc3c(N4CCC(O)CC4)nc4ccccc4c32)c1. The number of fused-ring (bicyclic) bond motifs is 3. The first-order valence-corrected chi connectivity index (χ1v) is 10.2. The first kappa shape index (κ1) is 18.0. The van der Waals surface area contributed by atoms with Crippen LogP contribution in [0.4, 0.5) is 5.82 Å². The van der Waals surface area contributed by atoms with Crippen molar-refractivity contribution in [3.8, 4) is 5.75 Å². The van der Waals surface area contributed by atoms with E-state index in [-0.39, 0.29) is 6.10 Å². The maximum absolute atomic E-state index is 9.91. The molecule has 5 nitrogen and oxygen atoms in total. The first-order chi connectivity index (χ1) is 14.2. The molecule has 1 aliphatic rings. The molecule has 4 aromatic rings. The van der Waals surface area contributed by atoms with Crippen LogP contribution >= 0.6 is 0 Å². The van der Waals surface area contributed by atoms with Crippen molar-refractivity contribution in [1.29, 1.82) is 0 Å². The summed E-state index contributed by atoms with van der Waals surface area (Å²) in [4.78, 5) is 7.33. The number of methoxy groups -OCH3 is 1. The summed E-state index contributed by atoms with van der Waals surface area (Å²) >= 11 is 0. The smallest absolute Gasteiger partial charge is 0.138 e. The Morgan fingerprint density at radius 3 is 2.69 bits per heavy atom. The number of ether oxygens (including phenoxy) is 1. The Bertz CT molecular complexity index is 1160. The lowest BCUT2D eigenvalue weighted by Gasteiger charge is -2.31. The Hall–Kier alpha value is -3.05. The number of piperidine rings is 1. The summed E-state index contributed by atoms with van der Waals surface area (Å²) in [5.74, 6) is 1.90. The van der Waals surface area contributed by atoms with Crippen molar-refractivity contribution in [2.75, 3.05) is 25.1 Å². The number of anilines is 1. The number of aliphatic hydroxyl groups excluding tert-OH is 1. The molecule has 5 heteroatoms. The largest absolute Gasteiger partial charge is 0.497 e. The fourth-order valence-electron chi connectivity index (χ4n) is 4.32. The number of benzene rings is 2. The van der Waals surface area contributed by atoms with Crippen LogP contribution in [-0.2, 0) is 6.54 Å². The van der Waals surface area contributed by atoms with E-state index in [9.17, 15) is 5.11 Å². The van der Waals surface area contributed by atoms with E-state index in [0.717, 1.165) is 54.9 Å². The van der Waals surface area contributed by atoms with Gasteiger partial charge in [-0.3, -0.25) is 0 Å². The number of hydrogen-bond acceptors (Lipinski definition) is 4. The lowest BCUT2D eigenvalue weighted by Crippen LogP contribution is -2.36. The molecule has 0 atom stereocenters. The van der Waals surface area contributed by atoms with Crippen molar-refractivity contribution in [1.82, 2.24) is 9.55 Å². The molecule has 1 fully saturated rings. The second-order valence-electron chi connectivity index (χ2n) is 7.73. The molecule has 1 N–H and O–H groups in total. The summed E-state index contributed by atoms with van der Waals surface area (Å²) < 4.78 is 7.69. The van der Waals surface area contributed by atoms with E-state index < -0.39 is 0 Å². The molecule has 29 heavy (non-hydrogen) atoms. The van der Waals surface area contributed by atoms with Crippen molar-refractivity contribution in [3.63, 3.8) is 0 Å². The average Bonchev–Trinajstić information content (AvgIpc) is 3.18. The molecule has 1 saturated heterocycles. The molecular weight excluding hydrogens is 362 g/mol. The third-order valence-corrected chi connectivity index (χ3v) is 5.84. The Morgan fingerprint density at radius 2 is 1.86 bits per heavy atom. The predicted molar refractivity (Wildman–Crippen MR) is 117 cm³/mol. The minimum atomic E-state index is -0.195. The van der Waals surface area contributed by atoms with Crippen molar-refractivity contribution in [3.05, 3.63) is 66.4 Å². The maximum atomic E-state index is 9.91. The van der Waals surface area contributed by atoms with Gasteiger partial charge in [-0.15, -0.1) is 0 Å². The maximum Gasteiger partial charge on any atom is 0.138 e. The molecule has 3 heterocycles. The van der Waals surface area contributed by atoms with E-state index in [1.807, 2.05) is 18.2 Å². The Labute approximate surface area is 170 Å². The number of nitrogens with zero attached hydrogens (tertiary/aromatic N) is 3. The Balaban J connectivity index is 1.64. The van der Waals surface area contributed by atoms with Gasteiger partial charge in [-0.05, 0) is 42.7 Å². The van der Waals surface area contributed by atoms with Gasteiger partial charge in [0.15, 0.2) is 0 Å². The highest BCUT2D eigenvalue weighted by atomic mass is 16.5. The molecule has 0 unspecified atom stereocenters. The second kappa shape index (κ2) is 7.41. The third kappa shape index (κ3) is 3.32. The number of aliphatic hydroxyl groups is 1. The number of rotatable bonds is 4. The fraction of sp³-hybridized carbons (Fsp3) is 0.292. The number of hydrogen-bond donors (Lipinski definition) is 1. The van der Waals surface area contributed by atoms with Crippen LogP contribution in [0.5, 0.6) is 5.75 Å². The molecule has 5 rings (SSSR count). The highest BCUT2D eigenvalue weighted by Gasteiger charge is 2.22. The van der Waals surface area contributed by atoms with Gasteiger partial charge in [-0.25, -0.2) is 4.98 Å². The molecule has 0 amide bonds. The molecule has 2 aromatic heterocycles. The highest BCUT2D eigenvalue weighted by molar-refractivity contribution is 6.08. The highest BCUT2D eigenvalue weighted by Crippen LogP contribution is 2.34. The Kier molecular flexibility index (Phi) is 4.60. The zero-order chi connectivity index (χ0) is 19.8. The van der Waals surface area contributed by atoms with Crippen molar-refractivity contribution in [2.45, 2.75) is 25.5 Å². The normalized spacial score (nSPS) is 15.3. The van der Waals surface area contributed by atoms with Crippen molar-refractivity contribution < 1.29 is 9.84 Å². The van der Waals surface area contributed by atoms with Crippen LogP contribution in [0, 0.1) is 0 Å². The topological polar surface area (TPSA) is 50.5 Å². The monoisotopic (exact) mass is 387 g/mol. The van der Waals surface area contributed by atoms with Gasteiger partial charge in [0, 0.05) is 36.6 Å². The number of para-hydroxylation sites is 1. The van der Waals surface area contributed by atoms with Crippen molar-refractivity contribution in [2.24, 2.45) is 0 Å². The summed E-state index contributed by atoms with van der Waals surface area (Å²) in [5, 5.41) is 12.2. The van der Waals surface area contributed by atoms with Gasteiger partial charge in [0.1, 0.15) is 11.6 Å². The van der Waals surface area contributed by atoms with Gasteiger partial charge in [-0.1, -0.05) is 30.3 Å². The Morgan fingerprint density at radius 1 is 1.03 bits per heavy atom. The molecule has 0 bridgehead atoms. The third-order valence-electron chi connectivity index (χ3n) is 5.84. The molecule has 0 spiro atoms. The van der Waals surface area contributed by atoms with Crippen LogP contribution in [-0.4, -0.2) is 41.0 Å². The van der Waals surface area contributed by atoms with Gasteiger partial charge in [-0.2, -0.15) is 0 Å². The van der Waals surface area contributed by atoms with E-state index >= 15 is 0 Å². The second-order valence-corrected chi connectivity index (χ2v) is 7.73. The summed E-state index contributed by atoms with van der Waals surface area (Å²) in [6.07, 6.45) is 3.54. The van der Waals surface area contributed by atoms with Gasteiger partial charge < -0.3 is 19.3 Å². The number of pyridine rings is 1. The summed E-state index contributed by atoms with van der Waals surface area (Å²) in [6, 6.07) is 18.7. The standard InChI is InChI=1S/C24H25N3O2/c1-29-19-6-4-5-17(15-19)16-27-14-11-21-23(27)20-7-2-3-8-22(20)25-24(21)26-12-9-18(28)10-13-26/h2-8,11,14-15,18,28H,9-10,12-13,16H2,1H3. The molecular formula is C24H25N3O2. The van der Waals surface area contributed by atoms with E-state index in [0.29, 0.717) is 0 Å². The molecule has 1 aliphatic heterocycles. The van der Waals surface area contributed by atoms with Crippen LogP contribution in [0.3, 0.4) is 0 Å². The quantitative estimate of drug-likeness (QED) is 0.570. The van der Waals surface area contributed by atoms with Crippen LogP contribution in [0.15, 0.2) is 60.8 Å². The van der Waals surface area contributed by atoms with Gasteiger partial charge in [0.25, 0.3) is 0 Å². The van der Waals surface area contributed by atoms with E-state index in [2.05, 4.69) is 52.1 Å². The molecule has 148 valence electrons. The van der Waals surface area contributed by atoms with Crippen LogP contribution in [0.1, 0.15) is 18.4 Å². The molecule has 2 aromatic carbocycles. The van der Waals surface area contributed by atoms with Crippen molar-refractivity contribution >= 4 is 27.6 Å².